The van der Waals surface area contributed by atoms with Crippen molar-refractivity contribution in [1.29, 1.82) is 0 Å². The molecule has 30 heavy (non-hydrogen) atoms. The monoisotopic (exact) mass is 437 g/mol. The van der Waals surface area contributed by atoms with Gasteiger partial charge < -0.3 is 9.47 Å². The van der Waals surface area contributed by atoms with Gasteiger partial charge in [0.15, 0.2) is 5.13 Å². The van der Waals surface area contributed by atoms with Crippen LogP contribution in [0.15, 0.2) is 53.9 Å². The lowest BCUT2D eigenvalue weighted by molar-refractivity contribution is 0.103. The van der Waals surface area contributed by atoms with Crippen molar-refractivity contribution in [1.82, 2.24) is 9.97 Å². The Bertz CT molecular complexity index is 1190. The van der Waals surface area contributed by atoms with Crippen molar-refractivity contribution in [2.24, 2.45) is 0 Å². The molecule has 2 aromatic heterocycles. The lowest BCUT2D eigenvalue weighted by Crippen LogP contribution is -2.11. The number of methoxy groups -OCH3 is 2. The van der Waals surface area contributed by atoms with Crippen molar-refractivity contribution in [3.8, 4) is 33.3 Å². The van der Waals surface area contributed by atoms with Crippen molar-refractivity contribution in [3.63, 3.8) is 0 Å². The van der Waals surface area contributed by atoms with Crippen LogP contribution in [0.5, 0.6) is 11.5 Å². The van der Waals surface area contributed by atoms with Crippen LogP contribution in [0.25, 0.3) is 21.8 Å². The second kappa shape index (κ2) is 8.64. The highest BCUT2D eigenvalue weighted by Gasteiger charge is 2.18. The molecular weight excluding hydrogens is 418 g/mol. The van der Waals surface area contributed by atoms with Gasteiger partial charge in [0.2, 0.25) is 0 Å². The first-order valence-corrected chi connectivity index (χ1v) is 10.8. The Kier molecular flexibility index (Phi) is 5.78. The van der Waals surface area contributed by atoms with Gasteiger partial charge in [0.05, 0.1) is 25.6 Å². The lowest BCUT2D eigenvalue weighted by atomic mass is 10.1. The van der Waals surface area contributed by atoms with Crippen molar-refractivity contribution in [3.05, 3.63) is 64.5 Å². The highest BCUT2D eigenvalue weighted by Crippen LogP contribution is 2.35. The summed E-state index contributed by atoms with van der Waals surface area (Å²) < 4.78 is 10.7. The largest absolute Gasteiger partial charge is 0.497 e. The first kappa shape index (κ1) is 20.1. The summed E-state index contributed by atoms with van der Waals surface area (Å²) in [7, 11) is 3.21. The number of carbonyl (C=O) groups is 1. The van der Waals surface area contributed by atoms with Crippen molar-refractivity contribution < 1.29 is 14.3 Å². The summed E-state index contributed by atoms with van der Waals surface area (Å²) in [6, 6.07) is 15.4. The molecule has 2 aromatic carbocycles. The molecule has 152 valence electrons. The van der Waals surface area contributed by atoms with Gasteiger partial charge in [-0.05, 0) is 19.1 Å². The fourth-order valence-corrected chi connectivity index (χ4v) is 4.60. The number of ether oxygens (including phenoxy) is 2. The molecule has 4 rings (SSSR count). The number of anilines is 1. The molecular formula is C22H19N3O3S2. The van der Waals surface area contributed by atoms with Crippen LogP contribution in [-0.2, 0) is 0 Å². The highest BCUT2D eigenvalue weighted by molar-refractivity contribution is 7.17. The van der Waals surface area contributed by atoms with E-state index >= 15 is 0 Å². The molecule has 1 amide bonds. The number of hydrogen-bond donors (Lipinski definition) is 1. The van der Waals surface area contributed by atoms with Gasteiger partial charge in [-0.25, -0.2) is 9.97 Å². The zero-order valence-corrected chi connectivity index (χ0v) is 18.3. The molecule has 6 nitrogen and oxygen atoms in total. The molecule has 0 saturated heterocycles. The van der Waals surface area contributed by atoms with Crippen LogP contribution in [0.1, 0.15) is 15.4 Å². The van der Waals surface area contributed by atoms with Gasteiger partial charge in [0, 0.05) is 22.6 Å². The fraction of sp³-hybridized carbons (Fsp3) is 0.136. The second-order valence-electron chi connectivity index (χ2n) is 6.36. The van der Waals surface area contributed by atoms with Crippen LogP contribution in [0.3, 0.4) is 0 Å². The predicted molar refractivity (Wildman–Crippen MR) is 121 cm³/mol. The minimum atomic E-state index is -0.213. The summed E-state index contributed by atoms with van der Waals surface area (Å²) in [5, 5.41) is 6.11. The number of aromatic nitrogens is 2. The number of nitrogens with one attached hydrogen (secondary N) is 1. The van der Waals surface area contributed by atoms with E-state index < -0.39 is 0 Å². The van der Waals surface area contributed by atoms with Gasteiger partial charge >= 0.3 is 0 Å². The molecule has 0 fully saturated rings. The maximum atomic E-state index is 12.8. The Labute approximate surface area is 182 Å². The zero-order chi connectivity index (χ0) is 21.1. The minimum absolute atomic E-state index is 0.213. The van der Waals surface area contributed by atoms with Gasteiger partial charge in [-0.3, -0.25) is 10.1 Å². The van der Waals surface area contributed by atoms with E-state index in [1.54, 1.807) is 20.3 Å². The van der Waals surface area contributed by atoms with Crippen molar-refractivity contribution in [2.45, 2.75) is 6.92 Å². The van der Waals surface area contributed by atoms with E-state index in [1.807, 2.05) is 54.8 Å². The molecule has 0 spiro atoms. The van der Waals surface area contributed by atoms with Gasteiger partial charge in [-0.15, -0.1) is 22.7 Å². The summed E-state index contributed by atoms with van der Waals surface area (Å²) in [6.45, 7) is 1.84. The summed E-state index contributed by atoms with van der Waals surface area (Å²) in [5.74, 6) is 1.15. The van der Waals surface area contributed by atoms with Crippen LogP contribution in [0, 0.1) is 6.92 Å². The number of hydrogen-bond acceptors (Lipinski definition) is 7. The Morgan fingerprint density at radius 3 is 2.57 bits per heavy atom. The van der Waals surface area contributed by atoms with Crippen LogP contribution in [-0.4, -0.2) is 30.1 Å². The van der Waals surface area contributed by atoms with Crippen LogP contribution < -0.4 is 14.8 Å². The van der Waals surface area contributed by atoms with E-state index in [4.69, 9.17) is 9.47 Å². The number of carbonyl (C=O) groups excluding carboxylic acids is 1. The molecule has 0 bridgehead atoms. The number of nitrogens with zero attached hydrogens (tertiary/aromatic N) is 2. The SMILES string of the molecule is COc1ccc(-c2csc(NC(=O)c3sc(-c4ccccc4)nc3C)n2)c(OC)c1. The fourth-order valence-electron chi connectivity index (χ4n) is 2.93. The zero-order valence-electron chi connectivity index (χ0n) is 16.6. The van der Waals surface area contributed by atoms with Crippen LogP contribution in [0.4, 0.5) is 5.13 Å². The quantitative estimate of drug-likeness (QED) is 0.430. The third-order valence-electron chi connectivity index (χ3n) is 4.43. The van der Waals surface area contributed by atoms with E-state index in [-0.39, 0.29) is 5.91 Å². The van der Waals surface area contributed by atoms with Gasteiger partial charge in [0.25, 0.3) is 5.91 Å². The Morgan fingerprint density at radius 1 is 1.03 bits per heavy atom. The number of rotatable bonds is 6. The number of amides is 1. The first-order chi connectivity index (χ1) is 14.6. The molecule has 0 radical (unpaired) electrons. The summed E-state index contributed by atoms with van der Waals surface area (Å²) >= 11 is 2.73. The smallest absolute Gasteiger partial charge is 0.269 e. The lowest BCUT2D eigenvalue weighted by Gasteiger charge is -2.08. The van der Waals surface area contributed by atoms with Crippen LogP contribution >= 0.6 is 22.7 Å². The van der Waals surface area contributed by atoms with Crippen LogP contribution in [0.2, 0.25) is 0 Å². The predicted octanol–water partition coefficient (Wildman–Crippen LogP) is 5.51. The average Bonchev–Trinajstić information content (AvgIpc) is 3.40. The third kappa shape index (κ3) is 4.05. The number of benzene rings is 2. The molecule has 4 aromatic rings. The molecule has 0 unspecified atom stereocenters. The normalized spacial score (nSPS) is 10.6. The maximum Gasteiger partial charge on any atom is 0.269 e. The standard InChI is InChI=1S/C22H19N3O3S2/c1-13-19(30-21(23-13)14-7-5-4-6-8-14)20(26)25-22-24-17(12-29-22)16-10-9-15(27-2)11-18(16)28-3/h4-12H,1-3H3,(H,24,25,26). The number of aryl methyl sites for hydroxylation is 1. The molecule has 1 N–H and O–H groups in total. The molecule has 2 heterocycles. The second-order valence-corrected chi connectivity index (χ2v) is 8.21. The molecule has 0 aliphatic carbocycles. The summed E-state index contributed by atoms with van der Waals surface area (Å²) in [6.07, 6.45) is 0. The van der Waals surface area contributed by atoms with Gasteiger partial charge in [0.1, 0.15) is 21.4 Å². The Morgan fingerprint density at radius 2 is 1.83 bits per heavy atom. The van der Waals surface area contributed by atoms with E-state index in [0.29, 0.717) is 27.2 Å². The molecule has 0 saturated carbocycles. The van der Waals surface area contributed by atoms with Gasteiger partial charge in [-0.2, -0.15) is 0 Å². The first-order valence-electron chi connectivity index (χ1n) is 9.11. The van der Waals surface area contributed by atoms with E-state index in [0.717, 1.165) is 21.8 Å². The van der Waals surface area contributed by atoms with E-state index in [9.17, 15) is 4.79 Å². The van der Waals surface area contributed by atoms with Crippen molar-refractivity contribution in [2.75, 3.05) is 19.5 Å². The molecule has 0 aliphatic heterocycles. The third-order valence-corrected chi connectivity index (χ3v) is 6.40. The van der Waals surface area contributed by atoms with E-state index in [1.165, 1.54) is 22.7 Å². The minimum Gasteiger partial charge on any atom is -0.497 e. The Balaban J connectivity index is 1.55. The van der Waals surface area contributed by atoms with Crippen molar-refractivity contribution >= 4 is 33.7 Å². The Hall–Kier alpha value is -3.23. The maximum absolute atomic E-state index is 12.8. The topological polar surface area (TPSA) is 73.3 Å². The summed E-state index contributed by atoms with van der Waals surface area (Å²) in [4.78, 5) is 22.5. The average molecular weight is 438 g/mol. The highest BCUT2D eigenvalue weighted by atomic mass is 32.1. The van der Waals surface area contributed by atoms with E-state index in [2.05, 4.69) is 15.3 Å². The molecule has 0 atom stereocenters. The molecule has 0 aliphatic rings. The molecule has 8 heteroatoms. The number of thiazole rings is 2. The van der Waals surface area contributed by atoms with Gasteiger partial charge in [-0.1, -0.05) is 30.3 Å². The summed E-state index contributed by atoms with van der Waals surface area (Å²) in [5.41, 5.74) is 3.24.